The summed E-state index contributed by atoms with van der Waals surface area (Å²) in [7, 11) is 1.79. The van der Waals surface area contributed by atoms with Crippen molar-refractivity contribution in [2.24, 2.45) is 0 Å². The lowest BCUT2D eigenvalue weighted by atomic mass is 9.82. The first-order chi connectivity index (χ1) is 13.1. The van der Waals surface area contributed by atoms with E-state index in [2.05, 4.69) is 24.1 Å². The van der Waals surface area contributed by atoms with Gasteiger partial charge < -0.3 is 10.2 Å². The largest absolute Gasteiger partial charge is 0.388 e. The van der Waals surface area contributed by atoms with E-state index in [0.29, 0.717) is 27.9 Å². The molecule has 27 heavy (non-hydrogen) atoms. The number of anilines is 2. The molecule has 4 nitrogen and oxygen atoms in total. The molecule has 0 saturated heterocycles. The number of fused-ring (bicyclic) bond motifs is 2. The van der Waals surface area contributed by atoms with Gasteiger partial charge in [-0.15, -0.1) is 0 Å². The molecule has 3 rings (SSSR count). The van der Waals surface area contributed by atoms with Crippen LogP contribution in [0.4, 0.5) is 11.4 Å². The fourth-order valence-corrected chi connectivity index (χ4v) is 3.73. The minimum atomic E-state index is -0.0719. The number of rotatable bonds is 8. The highest BCUT2D eigenvalue weighted by Gasteiger charge is 2.34. The molecular weight excluding hydrogens is 336 g/mol. The van der Waals surface area contributed by atoms with E-state index in [9.17, 15) is 9.59 Å². The predicted molar refractivity (Wildman–Crippen MR) is 111 cm³/mol. The highest BCUT2D eigenvalue weighted by molar-refractivity contribution is 6.31. The van der Waals surface area contributed by atoms with Crippen molar-refractivity contribution < 1.29 is 9.59 Å². The second-order valence-electron chi connectivity index (χ2n) is 7.03. The molecule has 142 valence electrons. The summed E-state index contributed by atoms with van der Waals surface area (Å²) in [6.45, 7) is 6.13. The molecule has 0 heterocycles. The fourth-order valence-electron chi connectivity index (χ4n) is 3.73. The van der Waals surface area contributed by atoms with Gasteiger partial charge in [-0.2, -0.15) is 0 Å². The van der Waals surface area contributed by atoms with E-state index in [1.165, 1.54) is 0 Å². The number of nitrogens with one attached hydrogen (secondary N) is 1. The zero-order chi connectivity index (χ0) is 19.4. The third-order valence-electron chi connectivity index (χ3n) is 5.23. The number of unbranched alkanes of at least 4 members (excludes halogenated alkanes) is 2. The topological polar surface area (TPSA) is 49.4 Å². The highest BCUT2D eigenvalue weighted by atomic mass is 16.1. The first-order valence-corrected chi connectivity index (χ1v) is 9.92. The number of ketones is 2. The zero-order valence-electron chi connectivity index (χ0n) is 16.5. The minimum absolute atomic E-state index is 0.0507. The van der Waals surface area contributed by atoms with Crippen LogP contribution in [0.1, 0.15) is 71.4 Å². The molecule has 0 radical (unpaired) electrons. The number of hydrogen-bond donors (Lipinski definition) is 1. The summed E-state index contributed by atoms with van der Waals surface area (Å²) in [5.41, 5.74) is 3.67. The third-order valence-corrected chi connectivity index (χ3v) is 5.23. The van der Waals surface area contributed by atoms with Crippen molar-refractivity contribution in [3.8, 4) is 0 Å². The van der Waals surface area contributed by atoms with Crippen LogP contribution in [0.2, 0.25) is 0 Å². The molecule has 4 heteroatoms. The summed E-state index contributed by atoms with van der Waals surface area (Å²) in [4.78, 5) is 28.9. The van der Waals surface area contributed by atoms with Crippen LogP contribution in [0.25, 0.3) is 0 Å². The van der Waals surface area contributed by atoms with Gasteiger partial charge >= 0.3 is 0 Å². The second kappa shape index (κ2) is 8.38. The van der Waals surface area contributed by atoms with E-state index in [1.807, 2.05) is 24.3 Å². The van der Waals surface area contributed by atoms with Gasteiger partial charge in [0.2, 0.25) is 0 Å². The smallest absolute Gasteiger partial charge is 0.196 e. The van der Waals surface area contributed by atoms with E-state index in [0.717, 1.165) is 44.5 Å². The molecule has 0 spiro atoms. The predicted octanol–water partition coefficient (Wildman–Crippen LogP) is 4.91. The van der Waals surface area contributed by atoms with E-state index in [4.69, 9.17) is 0 Å². The quantitative estimate of drug-likeness (QED) is 0.617. The van der Waals surface area contributed by atoms with Gasteiger partial charge in [-0.05, 0) is 25.0 Å². The Balaban J connectivity index is 2.17. The van der Waals surface area contributed by atoms with Crippen LogP contribution in [-0.2, 0) is 0 Å². The lowest BCUT2D eigenvalue weighted by molar-refractivity contribution is 0.0980. The van der Waals surface area contributed by atoms with Gasteiger partial charge in [-0.25, -0.2) is 0 Å². The van der Waals surface area contributed by atoms with Crippen molar-refractivity contribution in [2.75, 3.05) is 30.4 Å². The summed E-state index contributed by atoms with van der Waals surface area (Å²) >= 11 is 0. The van der Waals surface area contributed by atoms with Crippen LogP contribution in [0.15, 0.2) is 36.4 Å². The van der Waals surface area contributed by atoms with Gasteiger partial charge in [0.05, 0.1) is 11.1 Å². The Morgan fingerprint density at radius 3 is 1.89 bits per heavy atom. The Morgan fingerprint density at radius 2 is 1.37 bits per heavy atom. The molecular formula is C23H28N2O2. The van der Waals surface area contributed by atoms with Crippen LogP contribution >= 0.6 is 0 Å². The standard InChI is InChI=1S/C23H28N2O2/c1-4-6-14-25(15-7-5-2)19-13-12-18(24-3)20-21(19)23(27)17-11-9-8-10-16(17)22(20)26/h8-13,24H,4-7,14-15H2,1-3H3. The molecule has 0 amide bonds. The summed E-state index contributed by atoms with van der Waals surface area (Å²) in [5.74, 6) is -0.123. The number of nitrogens with zero attached hydrogens (tertiary/aromatic N) is 1. The Morgan fingerprint density at radius 1 is 0.815 bits per heavy atom. The van der Waals surface area contributed by atoms with Crippen molar-refractivity contribution in [1.29, 1.82) is 0 Å². The average Bonchev–Trinajstić information content (AvgIpc) is 2.71. The fraction of sp³-hybridized carbons (Fsp3) is 0.391. The molecule has 0 fully saturated rings. The molecule has 1 aliphatic rings. The van der Waals surface area contributed by atoms with Crippen LogP contribution in [-0.4, -0.2) is 31.7 Å². The molecule has 2 aromatic carbocycles. The molecule has 0 aliphatic heterocycles. The first-order valence-electron chi connectivity index (χ1n) is 9.92. The van der Waals surface area contributed by atoms with Gasteiger partial charge in [-0.1, -0.05) is 51.0 Å². The van der Waals surface area contributed by atoms with Gasteiger partial charge in [0.15, 0.2) is 11.6 Å². The molecule has 0 bridgehead atoms. The molecule has 1 aliphatic carbocycles. The molecule has 2 aromatic rings. The van der Waals surface area contributed by atoms with Crippen molar-refractivity contribution in [2.45, 2.75) is 39.5 Å². The summed E-state index contributed by atoms with van der Waals surface area (Å²) in [6, 6.07) is 11.1. The Kier molecular flexibility index (Phi) is 5.94. The molecule has 0 saturated carbocycles. The highest BCUT2D eigenvalue weighted by Crippen LogP contribution is 2.38. The number of hydrogen-bond acceptors (Lipinski definition) is 4. The number of benzene rings is 2. The third kappa shape index (κ3) is 3.48. The Hall–Kier alpha value is -2.62. The Bertz CT molecular complexity index is 849. The van der Waals surface area contributed by atoms with Gasteiger partial charge in [0, 0.05) is 42.6 Å². The van der Waals surface area contributed by atoms with Gasteiger partial charge in [0.1, 0.15) is 0 Å². The van der Waals surface area contributed by atoms with Crippen molar-refractivity contribution >= 4 is 22.9 Å². The normalized spacial score (nSPS) is 12.6. The lowest BCUT2D eigenvalue weighted by Crippen LogP contribution is -2.31. The number of carbonyl (C=O) groups is 2. The van der Waals surface area contributed by atoms with Crippen molar-refractivity contribution in [3.05, 3.63) is 58.7 Å². The van der Waals surface area contributed by atoms with E-state index in [-0.39, 0.29) is 11.6 Å². The van der Waals surface area contributed by atoms with Crippen LogP contribution < -0.4 is 10.2 Å². The average molecular weight is 364 g/mol. The maximum Gasteiger partial charge on any atom is 0.196 e. The van der Waals surface area contributed by atoms with E-state index in [1.54, 1.807) is 19.2 Å². The maximum atomic E-state index is 13.4. The SMILES string of the molecule is CCCCN(CCCC)c1ccc(NC)c2c1C(=O)c1ccccc1C2=O. The zero-order valence-corrected chi connectivity index (χ0v) is 16.5. The monoisotopic (exact) mass is 364 g/mol. The van der Waals surface area contributed by atoms with Crippen LogP contribution in [0.5, 0.6) is 0 Å². The van der Waals surface area contributed by atoms with Crippen LogP contribution in [0.3, 0.4) is 0 Å². The second-order valence-corrected chi connectivity index (χ2v) is 7.03. The molecule has 0 atom stereocenters. The maximum absolute atomic E-state index is 13.4. The summed E-state index contributed by atoms with van der Waals surface area (Å²) in [6.07, 6.45) is 4.31. The summed E-state index contributed by atoms with van der Waals surface area (Å²) < 4.78 is 0. The molecule has 0 aromatic heterocycles. The minimum Gasteiger partial charge on any atom is -0.388 e. The van der Waals surface area contributed by atoms with Gasteiger partial charge in [-0.3, -0.25) is 9.59 Å². The van der Waals surface area contributed by atoms with Crippen LogP contribution in [0, 0.1) is 0 Å². The molecule has 0 unspecified atom stereocenters. The van der Waals surface area contributed by atoms with Gasteiger partial charge in [0.25, 0.3) is 0 Å². The van der Waals surface area contributed by atoms with E-state index >= 15 is 0 Å². The molecule has 1 N–H and O–H groups in total. The lowest BCUT2D eigenvalue weighted by Gasteiger charge is -2.30. The Labute approximate surface area is 161 Å². The van der Waals surface area contributed by atoms with Crippen molar-refractivity contribution in [1.82, 2.24) is 0 Å². The van der Waals surface area contributed by atoms with Crippen molar-refractivity contribution in [3.63, 3.8) is 0 Å². The van der Waals surface area contributed by atoms with E-state index < -0.39 is 0 Å². The first kappa shape index (κ1) is 19.2. The summed E-state index contributed by atoms with van der Waals surface area (Å²) in [5, 5.41) is 3.10. The number of carbonyl (C=O) groups excluding carboxylic acids is 2.